The van der Waals surface area contributed by atoms with E-state index in [0.29, 0.717) is 0 Å². The Morgan fingerprint density at radius 2 is 0.928 bits per heavy atom. The molecule has 3 aromatic heterocycles. The van der Waals surface area contributed by atoms with Gasteiger partial charge >= 0.3 is 0 Å². The molecule has 0 bridgehead atoms. The number of hydrogen-bond acceptors (Lipinski definition) is 2. The summed E-state index contributed by atoms with van der Waals surface area (Å²) < 4.78 is 4.90. The van der Waals surface area contributed by atoms with Crippen LogP contribution in [0.15, 0.2) is 243 Å². The van der Waals surface area contributed by atoms with Crippen LogP contribution in [0.1, 0.15) is 22.3 Å². The molecule has 1 aliphatic rings. The Bertz CT molecular complexity index is 4350. The highest BCUT2D eigenvalue weighted by atomic mass is 32.1. The summed E-state index contributed by atoms with van der Waals surface area (Å²) in [4.78, 5) is 5.57. The Morgan fingerprint density at radius 1 is 0.377 bits per heavy atom. The summed E-state index contributed by atoms with van der Waals surface area (Å²) in [5.41, 5.74) is 17.6. The van der Waals surface area contributed by atoms with Crippen molar-refractivity contribution in [3.8, 4) is 44.6 Å². The molecule has 3 heterocycles. The first-order valence-electron chi connectivity index (χ1n) is 23.8. The second kappa shape index (κ2) is 14.7. The van der Waals surface area contributed by atoms with Gasteiger partial charge in [0, 0.05) is 20.9 Å². The summed E-state index contributed by atoms with van der Waals surface area (Å²) >= 11 is 1.85. The second-order valence-corrected chi connectivity index (χ2v) is 19.7. The topological polar surface area (TPSA) is 17.3 Å². The lowest BCUT2D eigenvalue weighted by Crippen LogP contribution is -2.28. The predicted molar refractivity (Wildman–Crippen MR) is 292 cm³/mol. The minimum Gasteiger partial charge on any atom is -0.291 e. The van der Waals surface area contributed by atoms with Gasteiger partial charge in [0.25, 0.3) is 0 Å². The molecule has 0 atom stereocenters. The van der Waals surface area contributed by atoms with E-state index < -0.39 is 5.41 Å². The van der Waals surface area contributed by atoms with Crippen LogP contribution in [-0.2, 0) is 5.41 Å². The number of nitrogens with zero attached hydrogens (tertiary/aromatic N) is 2. The van der Waals surface area contributed by atoms with Gasteiger partial charge in [0.2, 0.25) is 0 Å². The zero-order valence-electron chi connectivity index (χ0n) is 37.4. The predicted octanol–water partition coefficient (Wildman–Crippen LogP) is 17.7. The van der Waals surface area contributed by atoms with Crippen molar-refractivity contribution in [1.29, 1.82) is 0 Å². The standard InChI is InChI=1S/C66H40N2S/c1-3-18-50(19-4-1)66(51-20-5-2-6-21-51)57-24-12-11-22-53(57)62-52(23-13-25-58(62)66)43-30-26-41(27-31-43)42-28-32-44(33-29-42)60-40-56-55-38-47-16-9-10-17-48(47)39-61(55)69-64(56)65-67-63-54-37-46-15-8-7-14-45(46)36-49(54)34-35-59(63)68(60)65/h1-40H. The van der Waals surface area contributed by atoms with Gasteiger partial charge in [0.15, 0.2) is 5.65 Å². The molecule has 0 radical (unpaired) electrons. The van der Waals surface area contributed by atoms with Crippen LogP contribution in [0.25, 0.3) is 114 Å². The van der Waals surface area contributed by atoms with Gasteiger partial charge in [-0.05, 0) is 125 Å². The first-order chi connectivity index (χ1) is 34.2. The van der Waals surface area contributed by atoms with Crippen molar-refractivity contribution in [1.82, 2.24) is 9.38 Å². The smallest absolute Gasteiger partial charge is 0.156 e. The van der Waals surface area contributed by atoms with E-state index in [2.05, 4.69) is 247 Å². The summed E-state index contributed by atoms with van der Waals surface area (Å²) in [6.45, 7) is 0. The van der Waals surface area contributed by atoms with Crippen molar-refractivity contribution in [3.63, 3.8) is 0 Å². The molecule has 1 aliphatic carbocycles. The number of rotatable bonds is 5. The van der Waals surface area contributed by atoms with Crippen LogP contribution in [0.3, 0.4) is 0 Å². The molecule has 0 aliphatic heterocycles. The molecule has 0 amide bonds. The van der Waals surface area contributed by atoms with Crippen molar-refractivity contribution in [2.75, 3.05) is 0 Å². The number of imidazole rings is 1. The SMILES string of the molecule is c1ccc(C2(c3ccccc3)c3ccccc3-c3c(-c4ccc(-c5ccc(-c6cc7c8cc9ccccc9cc8sc7c7nc8c9cc%10ccccc%10cc9ccc8n67)cc5)cc4)cccc32)cc1. The average Bonchev–Trinajstić information content (AvgIpc) is 4.09. The number of thiophene rings is 1. The number of fused-ring (bicyclic) bond motifs is 14. The second-order valence-electron chi connectivity index (χ2n) is 18.6. The molecule has 0 fully saturated rings. The van der Waals surface area contributed by atoms with E-state index >= 15 is 0 Å². The third-order valence-electron chi connectivity index (χ3n) is 15.0. The Hall–Kier alpha value is -8.63. The van der Waals surface area contributed by atoms with E-state index in [1.54, 1.807) is 0 Å². The van der Waals surface area contributed by atoms with Crippen molar-refractivity contribution in [2.45, 2.75) is 5.41 Å². The molecule has 0 spiro atoms. The van der Waals surface area contributed by atoms with Gasteiger partial charge in [-0.15, -0.1) is 11.3 Å². The molecule has 320 valence electrons. The van der Waals surface area contributed by atoms with Crippen LogP contribution in [0.2, 0.25) is 0 Å². The minimum absolute atomic E-state index is 0.432. The van der Waals surface area contributed by atoms with Crippen molar-refractivity contribution in [2.24, 2.45) is 0 Å². The van der Waals surface area contributed by atoms with E-state index in [-0.39, 0.29) is 0 Å². The van der Waals surface area contributed by atoms with Crippen molar-refractivity contribution in [3.05, 3.63) is 265 Å². The van der Waals surface area contributed by atoms with Crippen molar-refractivity contribution >= 4 is 80.5 Å². The fraction of sp³-hybridized carbons (Fsp3) is 0.0152. The Labute approximate surface area is 402 Å². The zero-order chi connectivity index (χ0) is 45.2. The average molecular weight is 893 g/mol. The normalized spacial score (nSPS) is 13.0. The molecule has 0 unspecified atom stereocenters. The molecule has 0 saturated heterocycles. The van der Waals surface area contributed by atoms with E-state index in [1.807, 2.05) is 11.3 Å². The molecular formula is C66H40N2S. The van der Waals surface area contributed by atoms with Gasteiger partial charge in [-0.1, -0.05) is 206 Å². The summed E-state index contributed by atoms with van der Waals surface area (Å²) in [7, 11) is 0. The molecule has 14 aromatic rings. The summed E-state index contributed by atoms with van der Waals surface area (Å²) in [6.07, 6.45) is 0. The van der Waals surface area contributed by atoms with Crippen LogP contribution in [0.5, 0.6) is 0 Å². The Balaban J connectivity index is 0.863. The maximum Gasteiger partial charge on any atom is 0.156 e. The van der Waals surface area contributed by atoms with E-state index in [4.69, 9.17) is 4.98 Å². The number of benzene rings is 11. The van der Waals surface area contributed by atoms with Crippen LogP contribution in [0.4, 0.5) is 0 Å². The highest BCUT2D eigenvalue weighted by Crippen LogP contribution is 2.58. The van der Waals surface area contributed by atoms with E-state index in [0.717, 1.165) is 27.9 Å². The van der Waals surface area contributed by atoms with Gasteiger partial charge < -0.3 is 0 Å². The maximum absolute atomic E-state index is 5.57. The lowest BCUT2D eigenvalue weighted by molar-refractivity contribution is 0.768. The molecule has 69 heavy (non-hydrogen) atoms. The van der Waals surface area contributed by atoms with Gasteiger partial charge in [0.1, 0.15) is 0 Å². The molecule has 3 heteroatoms. The van der Waals surface area contributed by atoms with Crippen LogP contribution >= 0.6 is 11.3 Å². The fourth-order valence-electron chi connectivity index (χ4n) is 11.9. The monoisotopic (exact) mass is 892 g/mol. The number of hydrogen-bond donors (Lipinski definition) is 0. The van der Waals surface area contributed by atoms with Gasteiger partial charge in [-0.25, -0.2) is 4.98 Å². The highest BCUT2D eigenvalue weighted by Gasteiger charge is 2.46. The van der Waals surface area contributed by atoms with E-state index in [1.165, 1.54) is 108 Å². The number of pyridine rings is 1. The third kappa shape index (κ3) is 5.57. The first kappa shape index (κ1) is 38.5. The Morgan fingerprint density at radius 3 is 1.62 bits per heavy atom. The van der Waals surface area contributed by atoms with E-state index in [9.17, 15) is 0 Å². The lowest BCUT2D eigenvalue weighted by atomic mass is 9.67. The molecular weight excluding hydrogens is 853 g/mol. The molecule has 0 saturated carbocycles. The summed E-state index contributed by atoms with van der Waals surface area (Å²) in [5, 5.41) is 9.87. The molecule has 15 rings (SSSR count). The van der Waals surface area contributed by atoms with Gasteiger partial charge in [-0.2, -0.15) is 0 Å². The first-order valence-corrected chi connectivity index (χ1v) is 24.6. The van der Waals surface area contributed by atoms with Crippen LogP contribution in [-0.4, -0.2) is 9.38 Å². The maximum atomic E-state index is 5.57. The highest BCUT2D eigenvalue weighted by molar-refractivity contribution is 7.26. The summed E-state index contributed by atoms with van der Waals surface area (Å²) in [5.74, 6) is 0. The third-order valence-corrected chi connectivity index (χ3v) is 16.2. The largest absolute Gasteiger partial charge is 0.291 e. The summed E-state index contributed by atoms with van der Waals surface area (Å²) in [6, 6.07) is 89.9. The van der Waals surface area contributed by atoms with Crippen molar-refractivity contribution < 1.29 is 0 Å². The fourth-order valence-corrected chi connectivity index (χ4v) is 13.1. The lowest BCUT2D eigenvalue weighted by Gasteiger charge is -2.34. The molecule has 11 aromatic carbocycles. The molecule has 2 nitrogen and oxygen atoms in total. The number of aromatic nitrogens is 2. The zero-order valence-corrected chi connectivity index (χ0v) is 38.2. The Kier molecular flexibility index (Phi) is 8.19. The van der Waals surface area contributed by atoms with Crippen LogP contribution in [0, 0.1) is 0 Å². The minimum atomic E-state index is -0.432. The quantitative estimate of drug-likeness (QED) is 0.157. The van der Waals surface area contributed by atoms with Gasteiger partial charge in [0.05, 0.1) is 26.8 Å². The van der Waals surface area contributed by atoms with Crippen LogP contribution < -0.4 is 0 Å². The van der Waals surface area contributed by atoms with Gasteiger partial charge in [-0.3, -0.25) is 4.40 Å². The molecule has 0 N–H and O–H groups in total.